The van der Waals surface area contributed by atoms with Gasteiger partial charge in [-0.3, -0.25) is 9.89 Å². The summed E-state index contributed by atoms with van der Waals surface area (Å²) in [6, 6.07) is 0. The molecule has 1 N–H and O–H groups in total. The first-order valence-electron chi connectivity index (χ1n) is 8.96. The van der Waals surface area contributed by atoms with Crippen LogP contribution in [0.4, 0.5) is 0 Å². The average Bonchev–Trinajstić information content (AvgIpc) is 3.04. The van der Waals surface area contributed by atoms with E-state index in [1.165, 1.54) is 63.1 Å². The first kappa shape index (κ1) is 21.4. The third kappa shape index (κ3) is 5.96. The van der Waals surface area contributed by atoms with Gasteiger partial charge in [0.05, 0.1) is 0 Å². The Morgan fingerprint density at radius 3 is 2.48 bits per heavy atom. The maximum atomic E-state index is 4.49. The molecule has 0 aromatic carbocycles. The Morgan fingerprint density at radius 2 is 1.91 bits per heavy atom. The first-order chi connectivity index (χ1) is 10.7. The standard InChI is InChI=1S/C17H34N4S.HI/c1-4-5-10-20(3)16(18-2)19-15-17(8-6-7-9-17)21-11-13-22-14-12-21;/h4-15H2,1-3H3,(H,18,19);1H. The molecule has 23 heavy (non-hydrogen) atoms. The van der Waals surface area contributed by atoms with Crippen LogP contribution in [0.3, 0.4) is 0 Å². The van der Waals surface area contributed by atoms with Crippen molar-refractivity contribution in [1.82, 2.24) is 15.1 Å². The Balaban J connectivity index is 0.00000264. The number of nitrogens with one attached hydrogen (secondary N) is 1. The normalized spacial score (nSPS) is 21.8. The summed E-state index contributed by atoms with van der Waals surface area (Å²) in [5.41, 5.74) is 0.377. The van der Waals surface area contributed by atoms with E-state index in [0.717, 1.165) is 19.0 Å². The van der Waals surface area contributed by atoms with E-state index in [0.29, 0.717) is 5.54 Å². The van der Waals surface area contributed by atoms with Crippen molar-refractivity contribution in [2.24, 2.45) is 4.99 Å². The molecule has 0 unspecified atom stereocenters. The number of unbranched alkanes of at least 4 members (excludes halogenated alkanes) is 1. The van der Waals surface area contributed by atoms with Crippen molar-refractivity contribution in [2.75, 3.05) is 51.8 Å². The van der Waals surface area contributed by atoms with Crippen molar-refractivity contribution in [3.8, 4) is 0 Å². The minimum Gasteiger partial charge on any atom is -0.354 e. The Morgan fingerprint density at radius 1 is 1.26 bits per heavy atom. The number of nitrogens with zero attached hydrogens (tertiary/aromatic N) is 3. The van der Waals surface area contributed by atoms with E-state index in [-0.39, 0.29) is 24.0 Å². The predicted octanol–water partition coefficient (Wildman–Crippen LogP) is 3.27. The van der Waals surface area contributed by atoms with Crippen LogP contribution in [0.25, 0.3) is 0 Å². The van der Waals surface area contributed by atoms with E-state index >= 15 is 0 Å². The molecule has 0 aromatic rings. The van der Waals surface area contributed by atoms with Crippen molar-refractivity contribution in [1.29, 1.82) is 0 Å². The number of rotatable bonds is 6. The highest BCUT2D eigenvalue weighted by Crippen LogP contribution is 2.36. The molecule has 1 aliphatic carbocycles. The van der Waals surface area contributed by atoms with E-state index in [9.17, 15) is 0 Å². The summed E-state index contributed by atoms with van der Waals surface area (Å²) < 4.78 is 0. The van der Waals surface area contributed by atoms with Crippen LogP contribution >= 0.6 is 35.7 Å². The zero-order chi connectivity index (χ0) is 15.8. The lowest BCUT2D eigenvalue weighted by molar-refractivity contribution is 0.106. The number of halogens is 1. The Bertz CT molecular complexity index is 353. The molecule has 0 atom stereocenters. The zero-order valence-corrected chi connectivity index (χ0v) is 18.3. The topological polar surface area (TPSA) is 30.9 Å². The molecule has 0 bridgehead atoms. The fourth-order valence-electron chi connectivity index (χ4n) is 3.81. The summed E-state index contributed by atoms with van der Waals surface area (Å²) in [5, 5.41) is 3.69. The van der Waals surface area contributed by atoms with Gasteiger partial charge in [0, 0.05) is 57.3 Å². The number of thioether (sulfide) groups is 1. The number of hydrogen-bond donors (Lipinski definition) is 1. The van der Waals surface area contributed by atoms with Gasteiger partial charge in [-0.1, -0.05) is 26.2 Å². The van der Waals surface area contributed by atoms with Crippen LogP contribution in [0.1, 0.15) is 45.4 Å². The molecule has 2 aliphatic rings. The highest BCUT2D eigenvalue weighted by molar-refractivity contribution is 14.0. The van der Waals surface area contributed by atoms with Crippen molar-refractivity contribution >= 4 is 41.7 Å². The van der Waals surface area contributed by atoms with Gasteiger partial charge in [-0.25, -0.2) is 0 Å². The Labute approximate surface area is 164 Å². The van der Waals surface area contributed by atoms with E-state index in [2.05, 4.69) is 45.8 Å². The molecule has 0 spiro atoms. The Hall–Kier alpha value is 0.310. The van der Waals surface area contributed by atoms with Crippen LogP contribution in [0, 0.1) is 0 Å². The molecule has 0 aromatic heterocycles. The summed E-state index contributed by atoms with van der Waals surface area (Å²) in [5.74, 6) is 3.66. The van der Waals surface area contributed by atoms with Gasteiger partial charge in [0.25, 0.3) is 0 Å². The largest absolute Gasteiger partial charge is 0.354 e. The van der Waals surface area contributed by atoms with Crippen molar-refractivity contribution in [3.63, 3.8) is 0 Å². The summed E-state index contributed by atoms with van der Waals surface area (Å²) >= 11 is 2.10. The van der Waals surface area contributed by atoms with Crippen molar-refractivity contribution < 1.29 is 0 Å². The van der Waals surface area contributed by atoms with E-state index in [4.69, 9.17) is 0 Å². The lowest BCUT2D eigenvalue weighted by atomic mass is 9.94. The molecule has 4 nitrogen and oxygen atoms in total. The van der Waals surface area contributed by atoms with Crippen LogP contribution < -0.4 is 5.32 Å². The van der Waals surface area contributed by atoms with Gasteiger partial charge in [-0.15, -0.1) is 24.0 Å². The van der Waals surface area contributed by atoms with Gasteiger partial charge in [0.15, 0.2) is 5.96 Å². The first-order valence-corrected chi connectivity index (χ1v) is 10.1. The van der Waals surface area contributed by atoms with Crippen LogP contribution in [0.5, 0.6) is 0 Å². The second-order valence-electron chi connectivity index (χ2n) is 6.71. The van der Waals surface area contributed by atoms with Crippen LogP contribution in [0.15, 0.2) is 4.99 Å². The second-order valence-corrected chi connectivity index (χ2v) is 7.93. The molecular formula is C17H35IN4S. The monoisotopic (exact) mass is 454 g/mol. The van der Waals surface area contributed by atoms with E-state index in [1.54, 1.807) is 0 Å². The number of guanidine groups is 1. The van der Waals surface area contributed by atoms with Crippen LogP contribution in [-0.2, 0) is 0 Å². The fourth-order valence-corrected chi connectivity index (χ4v) is 4.71. The number of aliphatic imine (C=N–C) groups is 1. The minimum atomic E-state index is 0. The molecule has 0 amide bonds. The molecular weight excluding hydrogens is 419 g/mol. The average molecular weight is 454 g/mol. The summed E-state index contributed by atoms with van der Waals surface area (Å²) in [7, 11) is 4.06. The third-order valence-corrected chi connectivity index (χ3v) is 6.15. The molecule has 1 heterocycles. The smallest absolute Gasteiger partial charge is 0.193 e. The molecule has 0 radical (unpaired) electrons. The zero-order valence-electron chi connectivity index (χ0n) is 15.1. The van der Waals surface area contributed by atoms with Gasteiger partial charge in [0.1, 0.15) is 0 Å². The predicted molar refractivity (Wildman–Crippen MR) is 114 cm³/mol. The maximum Gasteiger partial charge on any atom is 0.193 e. The van der Waals surface area contributed by atoms with Gasteiger partial charge < -0.3 is 10.2 Å². The molecule has 1 saturated carbocycles. The SMILES string of the molecule is CCCCN(C)C(=NC)NCC1(N2CCSCC2)CCCC1.I. The Kier molecular flexibility index (Phi) is 10.2. The molecule has 6 heteroatoms. The quantitative estimate of drug-likeness (QED) is 0.379. The van der Waals surface area contributed by atoms with E-state index in [1.807, 2.05) is 7.05 Å². The van der Waals surface area contributed by atoms with Crippen molar-refractivity contribution in [2.45, 2.75) is 51.0 Å². The minimum absolute atomic E-state index is 0. The highest BCUT2D eigenvalue weighted by Gasteiger charge is 2.40. The number of hydrogen-bond acceptors (Lipinski definition) is 3. The van der Waals surface area contributed by atoms with Gasteiger partial charge in [-0.2, -0.15) is 11.8 Å². The fraction of sp³-hybridized carbons (Fsp3) is 0.941. The van der Waals surface area contributed by atoms with Gasteiger partial charge in [0.2, 0.25) is 0 Å². The summed E-state index contributed by atoms with van der Waals surface area (Å²) in [4.78, 5) is 9.53. The third-order valence-electron chi connectivity index (χ3n) is 5.21. The molecule has 1 saturated heterocycles. The summed E-state index contributed by atoms with van der Waals surface area (Å²) in [6.07, 6.45) is 7.92. The molecule has 2 fully saturated rings. The maximum absolute atomic E-state index is 4.49. The lowest BCUT2D eigenvalue weighted by Gasteiger charge is -2.44. The van der Waals surface area contributed by atoms with E-state index < -0.39 is 0 Å². The molecule has 2 rings (SSSR count). The van der Waals surface area contributed by atoms with Gasteiger partial charge in [-0.05, 0) is 19.3 Å². The second kappa shape index (κ2) is 11.0. The van der Waals surface area contributed by atoms with Crippen LogP contribution in [-0.4, -0.2) is 73.1 Å². The van der Waals surface area contributed by atoms with Crippen molar-refractivity contribution in [3.05, 3.63) is 0 Å². The van der Waals surface area contributed by atoms with Gasteiger partial charge >= 0.3 is 0 Å². The van der Waals surface area contributed by atoms with Crippen LogP contribution in [0.2, 0.25) is 0 Å². The molecule has 136 valence electrons. The molecule has 1 aliphatic heterocycles. The highest BCUT2D eigenvalue weighted by atomic mass is 127. The summed E-state index contributed by atoms with van der Waals surface area (Å²) in [6.45, 7) is 6.91. The lowest BCUT2D eigenvalue weighted by Crippen LogP contribution is -2.57.